The van der Waals surface area contributed by atoms with Crippen molar-refractivity contribution in [3.05, 3.63) is 253 Å². The lowest BCUT2D eigenvalue weighted by molar-refractivity contribution is 1.24. The van der Waals surface area contributed by atoms with Crippen molar-refractivity contribution in [3.8, 4) is 0 Å². The van der Waals surface area contributed by atoms with Gasteiger partial charge in [-0.15, -0.1) is 0 Å². The van der Waals surface area contributed by atoms with E-state index in [-0.39, 0.29) is 0 Å². The largest absolute Gasteiger partial charge is 0.311 e. The lowest BCUT2D eigenvalue weighted by Crippen LogP contribution is -2.13. The van der Waals surface area contributed by atoms with E-state index >= 15 is 0 Å². The molecule has 9 rings (SSSR count). The molecule has 0 heterocycles. The van der Waals surface area contributed by atoms with Gasteiger partial charge in [-0.1, -0.05) is 120 Å². The summed E-state index contributed by atoms with van der Waals surface area (Å²) in [6.45, 7) is 0. The highest BCUT2D eigenvalue weighted by atomic mass is 35.5. The fourth-order valence-corrected chi connectivity index (χ4v) is 8.02. The third kappa shape index (κ3) is 8.07. The lowest BCUT2D eigenvalue weighted by Gasteiger charge is -2.30. The molecule has 0 aromatic heterocycles. The second kappa shape index (κ2) is 17.7. The normalized spacial score (nSPS) is 10.8. The molecule has 0 spiro atoms. The van der Waals surface area contributed by atoms with Gasteiger partial charge in [0.05, 0.1) is 21.4 Å². The summed E-state index contributed by atoms with van der Waals surface area (Å²) in [5.41, 5.74) is 12.1. The van der Waals surface area contributed by atoms with Crippen LogP contribution in [0.3, 0.4) is 0 Å². The zero-order chi connectivity index (χ0) is 40.7. The van der Waals surface area contributed by atoms with Gasteiger partial charge in [0, 0.05) is 56.9 Å². The van der Waals surface area contributed by atoms with E-state index in [4.69, 9.17) is 23.2 Å². The summed E-state index contributed by atoms with van der Waals surface area (Å²) in [5.74, 6) is 0. The summed E-state index contributed by atoms with van der Waals surface area (Å²) < 4.78 is 0. The van der Waals surface area contributed by atoms with Gasteiger partial charge in [-0.05, 0) is 146 Å². The molecule has 0 saturated carbocycles. The van der Waals surface area contributed by atoms with Crippen molar-refractivity contribution in [2.75, 3.05) is 19.6 Å². The molecule has 6 heteroatoms. The number of hydrogen-bond donors (Lipinski definition) is 0. The van der Waals surface area contributed by atoms with Crippen molar-refractivity contribution in [3.63, 3.8) is 0 Å². The average Bonchev–Trinajstić information content (AvgIpc) is 3.31. The third-order valence-electron chi connectivity index (χ3n) is 10.3. The minimum Gasteiger partial charge on any atom is -0.311 e. The zero-order valence-electron chi connectivity index (χ0n) is 32.6. The molecule has 0 aliphatic carbocycles. The van der Waals surface area contributed by atoms with Gasteiger partial charge in [-0.3, -0.25) is 0 Å². The molecule has 0 aliphatic rings. The second-order valence-electron chi connectivity index (χ2n) is 14.1. The molecule has 9 aromatic carbocycles. The SMILES string of the molecule is Clc1ccccc1N(c1ccccc1)c1ccc(N(c2ccccc2)c2ccc(N(c3ccccc3)c3ccc(N(c4ccccc4)c4ccccc4Cl)cc3)cc2)cc1. The van der Waals surface area contributed by atoms with Crippen LogP contribution < -0.4 is 19.6 Å². The number of hydrogen-bond acceptors (Lipinski definition) is 4. The molecular formula is C54H40Cl2N4. The Kier molecular flexibility index (Phi) is 11.3. The first-order chi connectivity index (χ1) is 29.6. The Balaban J connectivity index is 1.07. The highest BCUT2D eigenvalue weighted by Crippen LogP contribution is 2.44. The molecule has 0 N–H and O–H groups in total. The number of para-hydroxylation sites is 6. The molecule has 0 radical (unpaired) electrons. The minimum absolute atomic E-state index is 0.683. The summed E-state index contributed by atoms with van der Waals surface area (Å²) in [7, 11) is 0. The Bertz CT molecular complexity index is 2570. The molecule has 0 atom stereocenters. The van der Waals surface area contributed by atoms with Crippen LogP contribution in [0, 0.1) is 0 Å². The van der Waals surface area contributed by atoms with E-state index in [2.05, 4.69) is 165 Å². The molecule has 0 saturated heterocycles. The van der Waals surface area contributed by atoms with Crippen LogP contribution in [-0.2, 0) is 0 Å². The summed E-state index contributed by atoms with van der Waals surface area (Å²) in [5, 5.41) is 1.37. The number of rotatable bonds is 12. The van der Waals surface area contributed by atoms with Crippen LogP contribution >= 0.6 is 23.2 Å². The van der Waals surface area contributed by atoms with E-state index in [0.717, 1.165) is 68.2 Å². The summed E-state index contributed by atoms with van der Waals surface area (Å²) >= 11 is 13.6. The first-order valence-corrected chi connectivity index (χ1v) is 20.6. The van der Waals surface area contributed by atoms with E-state index in [9.17, 15) is 0 Å². The van der Waals surface area contributed by atoms with E-state index in [1.807, 2.05) is 97.1 Å². The maximum absolute atomic E-state index is 6.78. The van der Waals surface area contributed by atoms with Gasteiger partial charge in [0.1, 0.15) is 0 Å². The molecule has 0 amide bonds. The van der Waals surface area contributed by atoms with Crippen molar-refractivity contribution in [1.82, 2.24) is 0 Å². The van der Waals surface area contributed by atoms with Gasteiger partial charge in [0.25, 0.3) is 0 Å². The average molecular weight is 816 g/mol. The third-order valence-corrected chi connectivity index (χ3v) is 11.0. The molecule has 60 heavy (non-hydrogen) atoms. The lowest BCUT2D eigenvalue weighted by atomic mass is 10.1. The van der Waals surface area contributed by atoms with Crippen LogP contribution in [-0.4, -0.2) is 0 Å². The first kappa shape index (κ1) is 38.3. The van der Waals surface area contributed by atoms with Crippen LogP contribution in [0.1, 0.15) is 0 Å². The highest BCUT2D eigenvalue weighted by Gasteiger charge is 2.20. The van der Waals surface area contributed by atoms with Crippen molar-refractivity contribution < 1.29 is 0 Å². The predicted octanol–water partition coefficient (Wildman–Crippen LogP) is 16.9. The zero-order valence-corrected chi connectivity index (χ0v) is 34.2. The van der Waals surface area contributed by atoms with Gasteiger partial charge in [0.15, 0.2) is 0 Å². The Morgan fingerprint density at radius 1 is 0.183 bits per heavy atom. The van der Waals surface area contributed by atoms with Gasteiger partial charge >= 0.3 is 0 Å². The Morgan fingerprint density at radius 3 is 0.617 bits per heavy atom. The van der Waals surface area contributed by atoms with Crippen molar-refractivity contribution in [2.24, 2.45) is 0 Å². The fourth-order valence-electron chi connectivity index (χ4n) is 7.58. The van der Waals surface area contributed by atoms with Gasteiger partial charge in [-0.2, -0.15) is 0 Å². The quantitative estimate of drug-likeness (QED) is 0.122. The van der Waals surface area contributed by atoms with Crippen LogP contribution in [0.2, 0.25) is 10.0 Å². The fraction of sp³-hybridized carbons (Fsp3) is 0. The van der Waals surface area contributed by atoms with Gasteiger partial charge in [0.2, 0.25) is 0 Å². The molecular weight excluding hydrogens is 776 g/mol. The Morgan fingerprint density at radius 2 is 0.367 bits per heavy atom. The Hall–Kier alpha value is -7.24. The first-order valence-electron chi connectivity index (χ1n) is 19.8. The van der Waals surface area contributed by atoms with Crippen LogP contribution in [0.5, 0.6) is 0 Å². The number of benzene rings is 9. The van der Waals surface area contributed by atoms with Gasteiger partial charge < -0.3 is 19.6 Å². The smallest absolute Gasteiger partial charge is 0.0647 e. The van der Waals surface area contributed by atoms with E-state index in [1.165, 1.54) is 0 Å². The number of halogens is 2. The minimum atomic E-state index is 0.683. The van der Waals surface area contributed by atoms with Crippen LogP contribution in [0.4, 0.5) is 68.2 Å². The van der Waals surface area contributed by atoms with Crippen molar-refractivity contribution >= 4 is 91.5 Å². The highest BCUT2D eigenvalue weighted by molar-refractivity contribution is 6.34. The van der Waals surface area contributed by atoms with Crippen molar-refractivity contribution in [1.29, 1.82) is 0 Å². The molecule has 290 valence electrons. The molecule has 0 unspecified atom stereocenters. The number of anilines is 12. The molecule has 9 aromatic rings. The van der Waals surface area contributed by atoms with E-state index < -0.39 is 0 Å². The summed E-state index contributed by atoms with van der Waals surface area (Å²) in [4.78, 5) is 8.94. The second-order valence-corrected chi connectivity index (χ2v) is 15.0. The van der Waals surface area contributed by atoms with E-state index in [0.29, 0.717) is 10.0 Å². The van der Waals surface area contributed by atoms with E-state index in [1.54, 1.807) is 0 Å². The maximum atomic E-state index is 6.78. The predicted molar refractivity (Wildman–Crippen MR) is 255 cm³/mol. The van der Waals surface area contributed by atoms with Gasteiger partial charge in [-0.25, -0.2) is 0 Å². The monoisotopic (exact) mass is 814 g/mol. The molecule has 4 nitrogen and oxygen atoms in total. The summed E-state index contributed by atoms with van der Waals surface area (Å²) in [6.07, 6.45) is 0. The van der Waals surface area contributed by atoms with Crippen LogP contribution in [0.25, 0.3) is 0 Å². The topological polar surface area (TPSA) is 13.0 Å². The summed E-state index contributed by atoms with van der Waals surface area (Å²) in [6, 6.07) is 83.5. The van der Waals surface area contributed by atoms with Crippen LogP contribution in [0.15, 0.2) is 243 Å². The number of nitrogens with zero attached hydrogens (tertiary/aromatic N) is 4. The maximum Gasteiger partial charge on any atom is 0.0647 e. The standard InChI is InChI=1S/C54H40Cl2N4/c55-51-25-13-15-27-53(51)59(43-21-9-3-10-22-43)49-37-33-47(34-38-49)57(41-17-5-1-6-18-41)45-29-31-46(32-30-45)58(42-19-7-2-8-20-42)48-35-39-50(40-36-48)60(44-23-11-4-12-24-44)54-28-16-14-26-52(54)56/h1-40H. The van der Waals surface area contributed by atoms with Crippen molar-refractivity contribution in [2.45, 2.75) is 0 Å². The Labute approximate surface area is 362 Å². The molecule has 0 fully saturated rings. The molecule has 0 aliphatic heterocycles. The molecule has 0 bridgehead atoms.